The van der Waals surface area contributed by atoms with E-state index in [-0.39, 0.29) is 94.0 Å². The Hall–Kier alpha value is -6.31. The van der Waals surface area contributed by atoms with Gasteiger partial charge in [0.25, 0.3) is 0 Å². The summed E-state index contributed by atoms with van der Waals surface area (Å²) in [6.07, 6.45) is 6.23. The molecule has 4 atom stereocenters. The number of guanidine groups is 3. The number of hydrogen-bond donors (Lipinski definition) is 15. The highest BCUT2D eigenvalue weighted by molar-refractivity contribution is 5.90. The molecule has 0 aromatic carbocycles. The Morgan fingerprint density at radius 3 is 1.04 bits per heavy atom. The summed E-state index contributed by atoms with van der Waals surface area (Å²) in [7, 11) is 0. The van der Waals surface area contributed by atoms with Crippen LogP contribution < -0.4 is 65.9 Å². The SMILES string of the molecule is CCC(=O)N(CC(=O)N[C@@H](CCCCNC(=N)N)CN(CC(=O)N[C@@H](CCCCNC(=N)N)CN(CC(=O)N[C@@H](CCCCN)C(C)=O)C(=O)CC)C(=O)CC)C[C@H](CCCCNC(=N)N)NC(=O)CN. The van der Waals surface area contributed by atoms with Gasteiger partial charge in [-0.3, -0.25) is 54.6 Å². The molecule has 0 spiro atoms. The molecule has 0 saturated heterocycles. The lowest BCUT2D eigenvalue weighted by Crippen LogP contribution is -2.54. The lowest BCUT2D eigenvalue weighted by atomic mass is 10.1. The second-order valence-corrected chi connectivity index (χ2v) is 17.4. The van der Waals surface area contributed by atoms with Crippen molar-refractivity contribution in [3.8, 4) is 0 Å². The highest BCUT2D eigenvalue weighted by atomic mass is 16.2. The molecule has 26 nitrogen and oxygen atoms in total. The molecule has 0 heterocycles. The molecule has 0 aliphatic heterocycles. The molecular formula is C45H88N18O8. The summed E-state index contributed by atoms with van der Waals surface area (Å²) >= 11 is 0. The molecule has 0 saturated carbocycles. The summed E-state index contributed by atoms with van der Waals surface area (Å²) in [5.41, 5.74) is 27.5. The van der Waals surface area contributed by atoms with Crippen molar-refractivity contribution in [3.63, 3.8) is 0 Å². The zero-order chi connectivity index (χ0) is 53.7. The van der Waals surface area contributed by atoms with Crippen molar-refractivity contribution in [1.82, 2.24) is 51.9 Å². The van der Waals surface area contributed by atoms with Gasteiger partial charge in [0, 0.05) is 76.7 Å². The van der Waals surface area contributed by atoms with E-state index in [1.54, 1.807) is 20.8 Å². The predicted octanol–water partition coefficient (Wildman–Crippen LogP) is -2.72. The average Bonchev–Trinajstić information content (AvgIpc) is 3.31. The monoisotopic (exact) mass is 1010 g/mol. The summed E-state index contributed by atoms with van der Waals surface area (Å²) in [6.45, 7) is 6.28. The summed E-state index contributed by atoms with van der Waals surface area (Å²) < 4.78 is 0. The van der Waals surface area contributed by atoms with Crippen LogP contribution >= 0.6 is 0 Å². The maximum atomic E-state index is 14.0. The number of ketones is 1. The summed E-state index contributed by atoms with van der Waals surface area (Å²) in [6, 6.07) is -2.71. The Morgan fingerprint density at radius 2 is 0.761 bits per heavy atom. The number of nitrogens with zero attached hydrogens (tertiary/aromatic N) is 3. The molecule has 0 radical (unpaired) electrons. The van der Waals surface area contributed by atoms with Crippen LogP contribution in [0.25, 0.3) is 0 Å². The van der Waals surface area contributed by atoms with Crippen LogP contribution in [0.5, 0.6) is 0 Å². The van der Waals surface area contributed by atoms with Gasteiger partial charge in [-0.15, -0.1) is 0 Å². The first-order valence-electron chi connectivity index (χ1n) is 24.8. The van der Waals surface area contributed by atoms with Gasteiger partial charge in [-0.25, -0.2) is 0 Å². The van der Waals surface area contributed by atoms with Crippen molar-refractivity contribution >= 4 is 65.0 Å². The Labute approximate surface area is 419 Å². The third-order valence-corrected chi connectivity index (χ3v) is 11.2. The molecule has 20 N–H and O–H groups in total. The van der Waals surface area contributed by atoms with Gasteiger partial charge in [0.05, 0.1) is 32.2 Å². The van der Waals surface area contributed by atoms with E-state index in [2.05, 4.69) is 37.2 Å². The third-order valence-electron chi connectivity index (χ3n) is 11.2. The molecule has 0 rings (SSSR count). The van der Waals surface area contributed by atoms with Crippen LogP contribution in [0.1, 0.15) is 124 Å². The lowest BCUT2D eigenvalue weighted by Gasteiger charge is -2.31. The second-order valence-electron chi connectivity index (χ2n) is 17.4. The van der Waals surface area contributed by atoms with Crippen LogP contribution in [-0.2, 0) is 38.4 Å². The minimum Gasteiger partial charge on any atom is -0.370 e. The molecule has 71 heavy (non-hydrogen) atoms. The zero-order valence-corrected chi connectivity index (χ0v) is 42.7. The third kappa shape index (κ3) is 32.3. The lowest BCUT2D eigenvalue weighted by molar-refractivity contribution is -0.138. The molecule has 0 aromatic heterocycles. The van der Waals surface area contributed by atoms with E-state index in [4.69, 9.17) is 44.9 Å². The first kappa shape index (κ1) is 64.7. The van der Waals surface area contributed by atoms with Crippen molar-refractivity contribution in [2.75, 3.05) is 72.0 Å². The van der Waals surface area contributed by atoms with Crippen molar-refractivity contribution in [3.05, 3.63) is 0 Å². The van der Waals surface area contributed by atoms with E-state index in [1.807, 2.05) is 0 Å². The molecule has 0 aliphatic rings. The highest BCUT2D eigenvalue weighted by Gasteiger charge is 2.28. The molecule has 0 aromatic rings. The van der Waals surface area contributed by atoms with Gasteiger partial charge in [-0.05, 0) is 90.5 Å². The molecule has 406 valence electrons. The molecule has 7 amide bonds. The van der Waals surface area contributed by atoms with E-state index in [1.165, 1.54) is 21.6 Å². The second kappa shape index (κ2) is 38.4. The number of nitrogens with two attached hydrogens (primary N) is 5. The summed E-state index contributed by atoms with van der Waals surface area (Å²) in [5.74, 6) is -4.02. The highest BCUT2D eigenvalue weighted by Crippen LogP contribution is 2.11. The number of unbranched alkanes of at least 4 members (excludes halogenated alkanes) is 4. The molecule has 26 heteroatoms. The quantitative estimate of drug-likeness (QED) is 0.0168. The molecule has 0 aliphatic carbocycles. The van der Waals surface area contributed by atoms with Crippen molar-refractivity contribution in [2.24, 2.45) is 28.7 Å². The van der Waals surface area contributed by atoms with Gasteiger partial charge in [0.2, 0.25) is 41.4 Å². The fourth-order valence-corrected chi connectivity index (χ4v) is 7.54. The number of amides is 7. The van der Waals surface area contributed by atoms with E-state index < -0.39 is 60.2 Å². The summed E-state index contributed by atoms with van der Waals surface area (Å²) in [4.78, 5) is 110. The van der Waals surface area contributed by atoms with Crippen LogP contribution in [0.15, 0.2) is 0 Å². The van der Waals surface area contributed by atoms with Crippen LogP contribution in [-0.4, -0.2) is 176 Å². The van der Waals surface area contributed by atoms with E-state index in [9.17, 15) is 38.4 Å². The number of carbonyl (C=O) groups excluding carboxylic acids is 8. The van der Waals surface area contributed by atoms with Crippen LogP contribution in [0, 0.1) is 16.2 Å². The number of Topliss-reactive ketones (excluding diaryl/α,β-unsaturated/α-hetero) is 1. The standard InChI is InChI=1S/C45H88N18O8/c1-5-40(69)61(25-32(57-36(65)24-47)16-9-13-21-54-43(48)49)28-37(66)58-33(17-10-14-22-55-44(50)51)26-62(41(70)6-2)29-38(67)59-34(18-11-15-23-56-45(52)53)27-63(42(71)7-3)30-39(68)60-35(31(4)64)19-8-12-20-46/h32-35H,5-30,46-47H2,1-4H3,(H,57,65)(H,58,66)(H,59,67)(H,60,68)(H4,48,49,54)(H4,50,51,55)(H4,52,53,56)/t32-,33-,34-,35-/m0/s1. The Kier molecular flexibility index (Phi) is 35.0. The molecular weight excluding hydrogens is 921 g/mol. The van der Waals surface area contributed by atoms with Gasteiger partial charge in [-0.1, -0.05) is 20.8 Å². The van der Waals surface area contributed by atoms with Gasteiger partial charge < -0.3 is 80.6 Å². The smallest absolute Gasteiger partial charge is 0.240 e. The largest absolute Gasteiger partial charge is 0.370 e. The van der Waals surface area contributed by atoms with Crippen molar-refractivity contribution in [1.29, 1.82) is 16.2 Å². The van der Waals surface area contributed by atoms with Crippen molar-refractivity contribution in [2.45, 2.75) is 148 Å². The maximum absolute atomic E-state index is 14.0. The van der Waals surface area contributed by atoms with Crippen molar-refractivity contribution < 1.29 is 38.4 Å². The first-order chi connectivity index (χ1) is 33.7. The molecule has 0 bridgehead atoms. The first-order valence-corrected chi connectivity index (χ1v) is 24.8. The van der Waals surface area contributed by atoms with E-state index in [0.717, 1.165) is 0 Å². The Morgan fingerprint density at radius 1 is 0.451 bits per heavy atom. The predicted molar refractivity (Wildman–Crippen MR) is 272 cm³/mol. The fraction of sp³-hybridized carbons (Fsp3) is 0.756. The molecule has 0 unspecified atom stereocenters. The zero-order valence-electron chi connectivity index (χ0n) is 42.7. The summed E-state index contributed by atoms with van der Waals surface area (Å²) in [5, 5.41) is 42.0. The Bertz CT molecular complexity index is 1700. The van der Waals surface area contributed by atoms with E-state index in [0.29, 0.717) is 103 Å². The normalized spacial score (nSPS) is 12.4. The van der Waals surface area contributed by atoms with Gasteiger partial charge in [0.1, 0.15) is 0 Å². The number of hydrogen-bond acceptors (Lipinski definition) is 13. The van der Waals surface area contributed by atoms with Crippen LogP contribution in [0.2, 0.25) is 0 Å². The Balaban J connectivity index is 6.55. The number of carbonyl (C=O) groups is 8. The van der Waals surface area contributed by atoms with Gasteiger partial charge >= 0.3 is 0 Å². The average molecular weight is 1010 g/mol. The fourth-order valence-electron chi connectivity index (χ4n) is 7.54. The minimum absolute atomic E-state index is 0.00248. The maximum Gasteiger partial charge on any atom is 0.240 e. The van der Waals surface area contributed by atoms with E-state index >= 15 is 0 Å². The van der Waals surface area contributed by atoms with Crippen LogP contribution in [0.4, 0.5) is 0 Å². The topological polar surface area (TPSA) is 432 Å². The number of nitrogens with one attached hydrogen (secondary N) is 10. The molecule has 0 fully saturated rings. The van der Waals surface area contributed by atoms with Gasteiger partial charge in [-0.2, -0.15) is 0 Å². The van der Waals surface area contributed by atoms with Crippen LogP contribution in [0.3, 0.4) is 0 Å². The number of rotatable bonds is 40. The minimum atomic E-state index is -0.755. The van der Waals surface area contributed by atoms with Gasteiger partial charge in [0.15, 0.2) is 23.7 Å².